The molecule has 0 aliphatic carbocycles. The van der Waals surface area contributed by atoms with E-state index in [-0.39, 0.29) is 10.6 Å². The van der Waals surface area contributed by atoms with Gasteiger partial charge in [0.2, 0.25) is 0 Å². The maximum atomic E-state index is 11.7. The van der Waals surface area contributed by atoms with E-state index in [0.29, 0.717) is 18.8 Å². The highest BCUT2D eigenvalue weighted by Gasteiger charge is 2.08. The second kappa shape index (κ2) is 5.73. The van der Waals surface area contributed by atoms with E-state index in [1.165, 1.54) is 16.0 Å². The minimum absolute atomic E-state index is 0.162. The van der Waals surface area contributed by atoms with Crippen LogP contribution in [0.1, 0.15) is 11.8 Å². The summed E-state index contributed by atoms with van der Waals surface area (Å²) in [6.45, 7) is 2.90. The van der Waals surface area contributed by atoms with Gasteiger partial charge in [-0.1, -0.05) is 23.2 Å². The molecule has 0 aromatic carbocycles. The zero-order chi connectivity index (χ0) is 13.1. The Hall–Kier alpha value is -1.04. The first-order chi connectivity index (χ1) is 8.61. The van der Waals surface area contributed by atoms with Crippen LogP contribution in [0.5, 0.6) is 0 Å². The summed E-state index contributed by atoms with van der Waals surface area (Å²) in [4.78, 5) is 12.8. The Labute approximate surface area is 118 Å². The monoisotopic (exact) mass is 303 g/mol. The molecule has 7 heteroatoms. The van der Waals surface area contributed by atoms with Crippen molar-refractivity contribution >= 4 is 40.2 Å². The maximum Gasteiger partial charge on any atom is 0.287 e. The molecule has 0 aliphatic rings. The van der Waals surface area contributed by atoms with Crippen molar-refractivity contribution in [2.24, 2.45) is 0 Å². The predicted molar refractivity (Wildman–Crippen MR) is 75.8 cm³/mol. The van der Waals surface area contributed by atoms with Gasteiger partial charge < -0.3 is 5.32 Å². The van der Waals surface area contributed by atoms with Gasteiger partial charge in [-0.05, 0) is 19.1 Å². The Morgan fingerprint density at radius 3 is 2.83 bits per heavy atom. The van der Waals surface area contributed by atoms with Gasteiger partial charge in [0, 0.05) is 18.0 Å². The van der Waals surface area contributed by atoms with Crippen molar-refractivity contribution in [3.63, 3.8) is 0 Å². The fourth-order valence-electron chi connectivity index (χ4n) is 1.44. The fraction of sp³-hybridized carbons (Fsp3) is 0.273. The van der Waals surface area contributed by atoms with Crippen LogP contribution in [-0.2, 0) is 13.1 Å². The summed E-state index contributed by atoms with van der Waals surface area (Å²) in [5.74, 6) is 0. The van der Waals surface area contributed by atoms with Gasteiger partial charge in [0.05, 0.1) is 16.2 Å². The first-order valence-electron chi connectivity index (χ1n) is 5.35. The molecule has 2 aromatic heterocycles. The summed E-state index contributed by atoms with van der Waals surface area (Å²) in [5, 5.41) is 7.25. The topological polar surface area (TPSA) is 46.9 Å². The highest BCUT2D eigenvalue weighted by atomic mass is 35.5. The van der Waals surface area contributed by atoms with E-state index in [0.717, 1.165) is 9.21 Å². The summed E-state index contributed by atoms with van der Waals surface area (Å²) in [6, 6.07) is 3.76. The molecule has 4 nitrogen and oxygen atoms in total. The van der Waals surface area contributed by atoms with E-state index < -0.39 is 0 Å². The standard InChI is InChI=1S/C11H11Cl2N3OS/c1-2-16-11(17)10(13)8(6-15-16)14-5-7-3-4-9(12)18-7/h3-4,6,14H,2,5H2,1H3. The highest BCUT2D eigenvalue weighted by Crippen LogP contribution is 2.23. The second-order valence-corrected chi connectivity index (χ2v) is 5.73. The number of halogens is 2. The minimum atomic E-state index is -0.284. The lowest BCUT2D eigenvalue weighted by Crippen LogP contribution is -2.23. The summed E-state index contributed by atoms with van der Waals surface area (Å²) in [7, 11) is 0. The van der Waals surface area contributed by atoms with Crippen molar-refractivity contribution in [3.8, 4) is 0 Å². The Morgan fingerprint density at radius 1 is 1.44 bits per heavy atom. The van der Waals surface area contributed by atoms with E-state index in [4.69, 9.17) is 23.2 Å². The van der Waals surface area contributed by atoms with Gasteiger partial charge in [-0.15, -0.1) is 11.3 Å². The lowest BCUT2D eigenvalue weighted by molar-refractivity contribution is 0.616. The average molecular weight is 304 g/mol. The number of anilines is 1. The summed E-state index contributed by atoms with van der Waals surface area (Å²) in [5.41, 5.74) is 0.254. The molecule has 0 spiro atoms. The van der Waals surface area contributed by atoms with Crippen LogP contribution in [0.4, 0.5) is 5.69 Å². The average Bonchev–Trinajstić information content (AvgIpc) is 2.77. The summed E-state index contributed by atoms with van der Waals surface area (Å²) < 4.78 is 2.05. The van der Waals surface area contributed by atoms with Crippen LogP contribution >= 0.6 is 34.5 Å². The number of hydrogen-bond donors (Lipinski definition) is 1. The molecule has 18 heavy (non-hydrogen) atoms. The molecule has 2 aromatic rings. The van der Waals surface area contributed by atoms with Crippen LogP contribution in [-0.4, -0.2) is 9.78 Å². The Bertz CT molecular complexity index is 609. The summed E-state index contributed by atoms with van der Waals surface area (Å²) >= 11 is 13.3. The maximum absolute atomic E-state index is 11.7. The molecule has 0 amide bonds. The van der Waals surface area contributed by atoms with Crippen LogP contribution in [0, 0.1) is 0 Å². The number of aryl methyl sites for hydroxylation is 1. The number of hydrogen-bond acceptors (Lipinski definition) is 4. The van der Waals surface area contributed by atoms with Crippen molar-refractivity contribution in [1.82, 2.24) is 9.78 Å². The van der Waals surface area contributed by atoms with Crippen molar-refractivity contribution in [2.45, 2.75) is 20.0 Å². The van der Waals surface area contributed by atoms with Crippen molar-refractivity contribution in [3.05, 3.63) is 42.9 Å². The molecule has 1 N–H and O–H groups in total. The largest absolute Gasteiger partial charge is 0.377 e. The molecule has 0 radical (unpaired) electrons. The molecule has 0 saturated heterocycles. The normalized spacial score (nSPS) is 10.6. The molecule has 0 aliphatic heterocycles. The van der Waals surface area contributed by atoms with E-state index in [1.54, 1.807) is 6.20 Å². The van der Waals surface area contributed by atoms with Crippen LogP contribution in [0.25, 0.3) is 0 Å². The zero-order valence-corrected chi connectivity index (χ0v) is 11.9. The van der Waals surface area contributed by atoms with Gasteiger partial charge in [0.15, 0.2) is 0 Å². The number of nitrogens with one attached hydrogen (secondary N) is 1. The third-order valence-corrected chi connectivity index (χ3v) is 3.96. The fourth-order valence-corrected chi connectivity index (χ4v) is 2.68. The molecular weight excluding hydrogens is 293 g/mol. The van der Waals surface area contributed by atoms with E-state index >= 15 is 0 Å². The van der Waals surface area contributed by atoms with Crippen molar-refractivity contribution in [1.29, 1.82) is 0 Å². The minimum Gasteiger partial charge on any atom is -0.377 e. The highest BCUT2D eigenvalue weighted by molar-refractivity contribution is 7.16. The van der Waals surface area contributed by atoms with E-state index in [9.17, 15) is 4.79 Å². The zero-order valence-electron chi connectivity index (χ0n) is 9.61. The smallest absolute Gasteiger partial charge is 0.287 e. The van der Waals surface area contributed by atoms with Gasteiger partial charge in [-0.25, -0.2) is 4.68 Å². The molecule has 0 fully saturated rings. The number of rotatable bonds is 4. The number of thiophene rings is 1. The molecule has 2 rings (SSSR count). The molecule has 0 bridgehead atoms. The van der Waals surface area contributed by atoms with Crippen molar-refractivity contribution in [2.75, 3.05) is 5.32 Å². The summed E-state index contributed by atoms with van der Waals surface area (Å²) in [6.07, 6.45) is 1.56. The third kappa shape index (κ3) is 2.85. The molecular formula is C11H11Cl2N3OS. The Morgan fingerprint density at radius 2 is 2.22 bits per heavy atom. The first kappa shape index (κ1) is 13.4. The quantitative estimate of drug-likeness (QED) is 0.943. The lowest BCUT2D eigenvalue weighted by atomic mass is 10.4. The Kier molecular flexibility index (Phi) is 4.27. The molecule has 0 atom stereocenters. The van der Waals surface area contributed by atoms with Crippen LogP contribution in [0.15, 0.2) is 23.1 Å². The molecule has 2 heterocycles. The lowest BCUT2D eigenvalue weighted by Gasteiger charge is -2.08. The first-order valence-corrected chi connectivity index (χ1v) is 6.92. The van der Waals surface area contributed by atoms with Gasteiger partial charge in [0.1, 0.15) is 5.02 Å². The SMILES string of the molecule is CCn1ncc(NCc2ccc(Cl)s2)c(Cl)c1=O. The van der Waals surface area contributed by atoms with Crippen molar-refractivity contribution < 1.29 is 0 Å². The van der Waals surface area contributed by atoms with E-state index in [2.05, 4.69) is 10.4 Å². The van der Waals surface area contributed by atoms with Gasteiger partial charge >= 0.3 is 0 Å². The van der Waals surface area contributed by atoms with Gasteiger partial charge in [-0.3, -0.25) is 4.79 Å². The van der Waals surface area contributed by atoms with E-state index in [1.807, 2.05) is 19.1 Å². The number of nitrogens with zero attached hydrogens (tertiary/aromatic N) is 2. The third-order valence-electron chi connectivity index (χ3n) is 2.37. The second-order valence-electron chi connectivity index (χ2n) is 3.55. The van der Waals surface area contributed by atoms with Gasteiger partial charge in [-0.2, -0.15) is 5.10 Å². The molecule has 0 unspecified atom stereocenters. The van der Waals surface area contributed by atoms with Crippen LogP contribution in [0.2, 0.25) is 9.36 Å². The molecule has 0 saturated carbocycles. The van der Waals surface area contributed by atoms with Crippen LogP contribution in [0.3, 0.4) is 0 Å². The number of aromatic nitrogens is 2. The van der Waals surface area contributed by atoms with Gasteiger partial charge in [0.25, 0.3) is 5.56 Å². The predicted octanol–water partition coefficient (Wildman–Crippen LogP) is 3.24. The Balaban J connectivity index is 2.15. The molecule has 96 valence electrons. The van der Waals surface area contributed by atoms with Crippen LogP contribution < -0.4 is 10.9 Å².